The molecule has 46 heavy (non-hydrogen) atoms. The summed E-state index contributed by atoms with van der Waals surface area (Å²) in [5, 5.41) is 4.56. The van der Waals surface area contributed by atoms with Crippen LogP contribution < -0.4 is 14.4 Å². The summed E-state index contributed by atoms with van der Waals surface area (Å²) in [5.74, 6) is 0.113. The number of nitrogens with one attached hydrogen (secondary N) is 1. The van der Waals surface area contributed by atoms with Crippen molar-refractivity contribution in [2.24, 2.45) is 18.4 Å². The predicted molar refractivity (Wildman–Crippen MR) is 181 cm³/mol. The van der Waals surface area contributed by atoms with Gasteiger partial charge in [0.25, 0.3) is 15.9 Å². The molecule has 1 aliphatic heterocycles. The molecule has 2 aromatic carbocycles. The van der Waals surface area contributed by atoms with Crippen molar-refractivity contribution in [2.45, 2.75) is 79.2 Å². The molecule has 2 aromatic heterocycles. The Balaban J connectivity index is 1.77. The predicted octanol–water partition coefficient (Wildman–Crippen LogP) is 6.65. The van der Waals surface area contributed by atoms with Crippen molar-refractivity contribution in [3.63, 3.8) is 0 Å². The molecule has 1 aliphatic rings. The molecule has 0 aliphatic carbocycles. The highest BCUT2D eigenvalue weighted by Crippen LogP contribution is 2.36. The number of anilines is 2. The number of nitrogens with zero attached hydrogens (tertiary/aromatic N) is 5. The molecule has 0 fully saturated rings. The molecule has 3 heterocycles. The van der Waals surface area contributed by atoms with Gasteiger partial charge in [0.2, 0.25) is 11.8 Å². The van der Waals surface area contributed by atoms with Crippen LogP contribution in [-0.2, 0) is 23.5 Å². The number of aryl methyl sites for hydroxylation is 3. The van der Waals surface area contributed by atoms with Crippen LogP contribution in [0.3, 0.4) is 0 Å². The van der Waals surface area contributed by atoms with Crippen LogP contribution in [0.25, 0.3) is 11.3 Å². The lowest BCUT2D eigenvalue weighted by molar-refractivity contribution is 0.0955. The van der Waals surface area contributed by atoms with Crippen LogP contribution in [0.2, 0.25) is 0 Å². The number of hydrogen-bond donors (Lipinski definition) is 1. The monoisotopic (exact) mass is 644 g/mol. The van der Waals surface area contributed by atoms with Gasteiger partial charge in [-0.3, -0.25) is 14.4 Å². The molecule has 0 saturated heterocycles. The topological polar surface area (TPSA) is 119 Å². The Morgan fingerprint density at radius 3 is 2.37 bits per heavy atom. The summed E-state index contributed by atoms with van der Waals surface area (Å²) < 4.78 is 38.4. The molecule has 0 radical (unpaired) electrons. The molecule has 0 spiro atoms. The number of benzene rings is 2. The molecule has 1 atom stereocenters. The highest BCUT2D eigenvalue weighted by atomic mass is 32.2. The van der Waals surface area contributed by atoms with Gasteiger partial charge in [-0.1, -0.05) is 58.9 Å². The van der Waals surface area contributed by atoms with Crippen molar-refractivity contribution in [2.75, 3.05) is 16.2 Å². The number of carbonyl (C=O) groups is 1. The first-order valence-electron chi connectivity index (χ1n) is 15.6. The fraction of sp³-hybridized carbons (Fsp3) is 0.429. The molecule has 4 bridgehead atoms. The summed E-state index contributed by atoms with van der Waals surface area (Å²) in [6.07, 6.45) is 3.01. The van der Waals surface area contributed by atoms with Crippen LogP contribution in [-0.4, -0.2) is 46.7 Å². The van der Waals surface area contributed by atoms with Crippen molar-refractivity contribution in [3.05, 3.63) is 76.6 Å². The molecule has 10 nitrogen and oxygen atoms in total. The minimum atomic E-state index is -4.18. The lowest BCUT2D eigenvalue weighted by Gasteiger charge is -2.36. The van der Waals surface area contributed by atoms with Crippen LogP contribution in [0.15, 0.2) is 53.6 Å². The highest BCUT2D eigenvalue weighted by Gasteiger charge is 2.35. The Labute approximate surface area is 272 Å². The van der Waals surface area contributed by atoms with Gasteiger partial charge in [0.1, 0.15) is 6.61 Å². The Morgan fingerprint density at radius 1 is 1.04 bits per heavy atom. The summed E-state index contributed by atoms with van der Waals surface area (Å²) in [6, 6.07) is 11.6. The van der Waals surface area contributed by atoms with Gasteiger partial charge in [0.05, 0.1) is 34.2 Å². The maximum Gasteiger partial charge on any atom is 0.264 e. The second-order valence-corrected chi connectivity index (χ2v) is 15.5. The van der Waals surface area contributed by atoms with Gasteiger partial charge in [-0.15, -0.1) is 0 Å². The second kappa shape index (κ2) is 12.5. The lowest BCUT2D eigenvalue weighted by Crippen LogP contribution is -2.46. The lowest BCUT2D eigenvalue weighted by atomic mass is 9.87. The Hall–Kier alpha value is -4.25. The zero-order chi connectivity index (χ0) is 33.6. The molecule has 244 valence electrons. The first-order valence-corrected chi connectivity index (χ1v) is 17.1. The van der Waals surface area contributed by atoms with Crippen LogP contribution in [0, 0.1) is 32.1 Å². The molecule has 1 amide bonds. The van der Waals surface area contributed by atoms with Crippen molar-refractivity contribution in [1.82, 2.24) is 19.7 Å². The average Bonchev–Trinajstić information content (AvgIpc) is 3.30. The Kier molecular flexibility index (Phi) is 9.01. The van der Waals surface area contributed by atoms with Crippen LogP contribution in [0.5, 0.6) is 5.88 Å². The smallest absolute Gasteiger partial charge is 0.264 e. The van der Waals surface area contributed by atoms with Gasteiger partial charge >= 0.3 is 0 Å². The van der Waals surface area contributed by atoms with Crippen molar-refractivity contribution in [1.29, 1.82) is 0 Å². The molecule has 0 saturated carbocycles. The molecular formula is C35H44N6O4S. The first kappa shape index (κ1) is 33.1. The van der Waals surface area contributed by atoms with Crippen LogP contribution in [0.1, 0.15) is 73.8 Å². The largest absolute Gasteiger partial charge is 0.475 e. The number of aromatic nitrogens is 4. The van der Waals surface area contributed by atoms with E-state index in [2.05, 4.69) is 49.4 Å². The SMILES string of the molecule is Cc1cccc(C)c1-c1nc2nc(c1C)OC[C@@H](CC(C)(C)C)N(c1cnn(C)c1CC(C)C)C(=O)c1cccc(c1)S(=O)(=O)N2. The van der Waals surface area contributed by atoms with Crippen molar-refractivity contribution in [3.8, 4) is 17.1 Å². The minimum Gasteiger partial charge on any atom is -0.475 e. The zero-order valence-corrected chi connectivity index (χ0v) is 29.0. The standard InChI is InChI=1S/C35H44N6O4S/c1-21(2)16-28-29(19-36-40(28)9)41-26(18-35(6,7)8)20-45-32-24(5)31(30-22(3)12-10-13-23(30)4)37-34(38-32)39-46(43,44)27-15-11-14-25(17-27)33(41)42/h10-15,17,19,21,26H,16,18,20H2,1-9H3,(H,37,38,39)/t26-/m1/s1. The molecule has 5 rings (SSSR count). The van der Waals surface area contributed by atoms with E-state index in [1.807, 2.05) is 46.0 Å². The average molecular weight is 645 g/mol. The van der Waals surface area contributed by atoms with E-state index in [9.17, 15) is 13.2 Å². The number of sulfonamides is 1. The first-order chi connectivity index (χ1) is 21.6. The van der Waals surface area contributed by atoms with E-state index in [0.29, 0.717) is 35.7 Å². The van der Waals surface area contributed by atoms with E-state index < -0.39 is 16.1 Å². The Bertz CT molecular complexity index is 1870. The number of fused-ring (bicyclic) bond motifs is 4. The summed E-state index contributed by atoms with van der Waals surface area (Å²) >= 11 is 0. The zero-order valence-electron chi connectivity index (χ0n) is 28.2. The van der Waals surface area contributed by atoms with Gasteiger partial charge in [-0.05, 0) is 74.3 Å². The summed E-state index contributed by atoms with van der Waals surface area (Å²) in [4.78, 5) is 25.6. The number of ether oxygens (including phenoxy) is 1. The Morgan fingerprint density at radius 2 is 1.72 bits per heavy atom. The van der Waals surface area contributed by atoms with Gasteiger partial charge < -0.3 is 4.74 Å². The maximum absolute atomic E-state index is 14.6. The van der Waals surface area contributed by atoms with Gasteiger partial charge in [-0.25, -0.2) is 18.1 Å². The number of hydrogen-bond acceptors (Lipinski definition) is 7. The van der Waals surface area contributed by atoms with E-state index in [-0.39, 0.29) is 40.2 Å². The summed E-state index contributed by atoms with van der Waals surface area (Å²) in [6.45, 7) is 16.6. The van der Waals surface area contributed by atoms with Crippen molar-refractivity contribution >= 4 is 27.6 Å². The molecule has 1 N–H and O–H groups in total. The minimum absolute atomic E-state index is 0.0706. The molecule has 0 unspecified atom stereocenters. The number of amides is 1. The second-order valence-electron chi connectivity index (χ2n) is 13.8. The highest BCUT2D eigenvalue weighted by molar-refractivity contribution is 7.92. The van der Waals surface area contributed by atoms with E-state index in [4.69, 9.17) is 9.72 Å². The molecule has 11 heteroatoms. The normalized spacial score (nSPS) is 16.7. The fourth-order valence-corrected chi connectivity index (χ4v) is 7.07. The van der Waals surface area contributed by atoms with Gasteiger partial charge in [0.15, 0.2) is 0 Å². The van der Waals surface area contributed by atoms with E-state index in [1.54, 1.807) is 27.9 Å². The quantitative estimate of drug-likeness (QED) is 0.259. The third kappa shape index (κ3) is 6.79. The third-order valence-electron chi connectivity index (χ3n) is 8.18. The van der Waals surface area contributed by atoms with Gasteiger partial charge in [-0.2, -0.15) is 10.1 Å². The maximum atomic E-state index is 14.6. The van der Waals surface area contributed by atoms with E-state index in [1.165, 1.54) is 12.1 Å². The summed E-state index contributed by atoms with van der Waals surface area (Å²) in [5.41, 5.74) is 5.75. The van der Waals surface area contributed by atoms with Crippen LogP contribution in [0.4, 0.5) is 11.6 Å². The van der Waals surface area contributed by atoms with Gasteiger partial charge in [0, 0.05) is 23.7 Å². The third-order valence-corrected chi connectivity index (χ3v) is 9.51. The molecule has 4 aromatic rings. The number of rotatable bonds is 5. The van der Waals surface area contributed by atoms with Crippen molar-refractivity contribution < 1.29 is 17.9 Å². The van der Waals surface area contributed by atoms with E-state index >= 15 is 0 Å². The van der Waals surface area contributed by atoms with Crippen LogP contribution >= 0.6 is 0 Å². The number of carbonyl (C=O) groups excluding carboxylic acids is 1. The van der Waals surface area contributed by atoms with E-state index in [0.717, 1.165) is 22.4 Å². The summed E-state index contributed by atoms with van der Waals surface area (Å²) in [7, 11) is -2.30. The fourth-order valence-electron chi connectivity index (χ4n) is 6.08. The molecular weight excluding hydrogens is 600 g/mol.